The number of hydrogen-bond donors (Lipinski definition) is 5. The molecule has 1 unspecified atom stereocenters. The highest BCUT2D eigenvalue weighted by Crippen LogP contribution is 2.41. The number of fused-ring (bicyclic) bond motifs is 9. The Balaban J connectivity index is 0.00000736. The second-order valence-electron chi connectivity index (χ2n) is 24.0. The number of aliphatic hydroxyl groups excluding tert-OH is 1. The van der Waals surface area contributed by atoms with Crippen molar-refractivity contribution < 1.29 is 81.7 Å². The number of rotatable bonds is 28. The Bertz CT molecular complexity index is 3330. The van der Waals surface area contributed by atoms with Crippen molar-refractivity contribution in [3.63, 3.8) is 0 Å². The minimum atomic E-state index is -1.91. The molecule has 26 nitrogen and oxygen atoms in total. The van der Waals surface area contributed by atoms with Crippen LogP contribution < -0.4 is 20.4 Å². The van der Waals surface area contributed by atoms with E-state index in [9.17, 15) is 43.8 Å². The quantitative estimate of drug-likeness (QED) is 0.0279. The van der Waals surface area contributed by atoms with Crippen molar-refractivity contribution >= 4 is 64.6 Å². The Labute approximate surface area is 573 Å². The van der Waals surface area contributed by atoms with Crippen molar-refractivity contribution in [1.82, 2.24) is 35.8 Å². The molecule has 532 valence electrons. The van der Waals surface area contributed by atoms with Crippen molar-refractivity contribution in [3.05, 3.63) is 106 Å². The fourth-order valence-corrected chi connectivity index (χ4v) is 12.0. The van der Waals surface area contributed by atoms with Crippen molar-refractivity contribution in [2.24, 2.45) is 11.8 Å². The number of aromatic nitrogens is 3. The van der Waals surface area contributed by atoms with Gasteiger partial charge < -0.3 is 73.0 Å². The van der Waals surface area contributed by atoms with Gasteiger partial charge in [-0.1, -0.05) is 112 Å². The van der Waals surface area contributed by atoms with E-state index in [-0.39, 0.29) is 101 Å². The van der Waals surface area contributed by atoms with Gasteiger partial charge in [0, 0.05) is 104 Å². The molecule has 0 spiro atoms. The van der Waals surface area contributed by atoms with Crippen LogP contribution in [-0.2, 0) is 86.2 Å². The third-order valence-electron chi connectivity index (χ3n) is 17.4. The number of ether oxygens (including phenoxy) is 8. The molecule has 0 aliphatic carbocycles. The van der Waals surface area contributed by atoms with Gasteiger partial charge in [0.25, 0.3) is 0 Å². The number of nitrogens with one attached hydrogen (secondary N) is 3. The predicted octanol–water partition coefficient (Wildman–Crippen LogP) is 7.11. The number of aliphatic hydroxyl groups is 2. The molecule has 0 saturated carbocycles. The van der Waals surface area contributed by atoms with Crippen LogP contribution in [0.15, 0.2) is 84.5 Å². The smallest absolute Gasteiger partial charge is 0.409 e. The lowest BCUT2D eigenvalue weighted by atomic mass is 9.81. The van der Waals surface area contributed by atoms with Crippen LogP contribution in [0.25, 0.3) is 22.5 Å². The van der Waals surface area contributed by atoms with Gasteiger partial charge in [-0.15, -0.1) is 0 Å². The number of anilines is 2. The molecule has 3 aromatic carbocycles. The van der Waals surface area contributed by atoms with E-state index in [2.05, 4.69) is 26.0 Å². The molecule has 3 aliphatic heterocycles. The Morgan fingerprint density at radius 1 is 0.825 bits per heavy atom. The lowest BCUT2D eigenvalue weighted by Gasteiger charge is -2.44. The van der Waals surface area contributed by atoms with E-state index >= 15 is 0 Å². The monoisotopic (exact) mass is 1370 g/mol. The topological polar surface area (TPSA) is 312 Å². The zero-order chi connectivity index (χ0) is 70.8. The van der Waals surface area contributed by atoms with Crippen molar-refractivity contribution in [1.29, 1.82) is 0 Å². The molecule has 5 N–H and O–H groups in total. The number of H-pyrrole nitrogens is 1. The number of para-hydroxylation sites is 1. The first kappa shape index (κ1) is 78.3. The van der Waals surface area contributed by atoms with Gasteiger partial charge >= 0.3 is 12.1 Å². The Morgan fingerprint density at radius 3 is 2.12 bits per heavy atom. The Kier molecular flexibility index (Phi) is 31.5. The van der Waals surface area contributed by atoms with E-state index in [1.807, 2.05) is 75.4 Å². The van der Waals surface area contributed by atoms with Gasteiger partial charge in [0.15, 0.2) is 5.72 Å². The van der Waals surface area contributed by atoms with Crippen LogP contribution in [0.3, 0.4) is 0 Å². The van der Waals surface area contributed by atoms with Crippen LogP contribution >= 0.6 is 11.6 Å². The predicted molar refractivity (Wildman–Crippen MR) is 364 cm³/mol. The van der Waals surface area contributed by atoms with Gasteiger partial charge in [0.05, 0.1) is 94.9 Å². The zero-order valence-corrected chi connectivity index (χ0v) is 58.5. The lowest BCUT2D eigenvalue weighted by Crippen LogP contribution is -2.64. The van der Waals surface area contributed by atoms with Crippen molar-refractivity contribution in [2.75, 3.05) is 111 Å². The molecule has 0 radical (unpaired) electrons. The number of alkyl carbamates (subject to hydrolysis) is 1. The number of nitrogens with zero attached hydrogens (tertiary/aromatic N) is 6. The van der Waals surface area contributed by atoms with Crippen LogP contribution in [0.1, 0.15) is 103 Å². The normalized spacial score (nSPS) is 21.4. The SMILES string of the molecule is CC.CO[C@@H]1C(C)[C@@H](OC(=O)[C@H](C)N(C)C(=O)CCCC(=O)N(C)CCOCCOCCOCCOCCC(=O)NCCC(=O)N2Cc3ccccc3-c3n[nH]nc3-c3ccccc32)CC(=O)N(C)c2cc(cc(CO)c2Cl)C/C(C)=C\C=C\[C@@H](OC)[C@@]2(O)C[C@H](OC(=O)N2)[C@H]1C. The Morgan fingerprint density at radius 2 is 1.45 bits per heavy atom. The zero-order valence-electron chi connectivity index (χ0n) is 57.8. The van der Waals surface area contributed by atoms with Crippen molar-refractivity contribution in [3.8, 4) is 22.5 Å². The molecule has 7 rings (SSSR count). The van der Waals surface area contributed by atoms with E-state index in [4.69, 9.17) is 49.5 Å². The molecule has 4 bridgehead atoms. The van der Waals surface area contributed by atoms with Gasteiger partial charge in [-0.05, 0) is 55.5 Å². The molecule has 97 heavy (non-hydrogen) atoms. The number of esters is 1. The van der Waals surface area contributed by atoms with Crippen molar-refractivity contribution in [2.45, 2.75) is 142 Å². The fourth-order valence-electron chi connectivity index (χ4n) is 11.7. The maximum absolute atomic E-state index is 14.4. The van der Waals surface area contributed by atoms with Crippen LogP contribution in [0.4, 0.5) is 16.2 Å². The maximum atomic E-state index is 14.4. The number of methoxy groups -OCH3 is 2. The molecule has 1 fully saturated rings. The highest BCUT2D eigenvalue weighted by Gasteiger charge is 2.49. The number of hydrogen-bond acceptors (Lipinski definition) is 19. The van der Waals surface area contributed by atoms with Gasteiger partial charge in [0.2, 0.25) is 29.5 Å². The second-order valence-corrected chi connectivity index (χ2v) is 24.4. The summed E-state index contributed by atoms with van der Waals surface area (Å²) in [5.74, 6) is -3.74. The molecule has 6 amide bonds. The molecule has 27 heteroatoms. The van der Waals surface area contributed by atoms with E-state index in [1.165, 1.54) is 49.9 Å². The summed E-state index contributed by atoms with van der Waals surface area (Å²) >= 11 is 6.81. The first-order valence-electron chi connectivity index (χ1n) is 33.0. The minimum Gasteiger partial charge on any atom is -0.460 e. The summed E-state index contributed by atoms with van der Waals surface area (Å²) in [6, 6.07) is 17.7. The summed E-state index contributed by atoms with van der Waals surface area (Å²) in [4.78, 5) is 100. The third kappa shape index (κ3) is 21.9. The van der Waals surface area contributed by atoms with E-state index < -0.39 is 78.5 Å². The average molecular weight is 1370 g/mol. The van der Waals surface area contributed by atoms with Gasteiger partial charge in [-0.2, -0.15) is 15.4 Å². The number of aromatic amines is 1. The summed E-state index contributed by atoms with van der Waals surface area (Å²) in [6.07, 6.45) is 0.572. The summed E-state index contributed by atoms with van der Waals surface area (Å²) in [6.45, 7) is 13.5. The number of carbonyl (C=O) groups excluding carboxylic acids is 7. The van der Waals surface area contributed by atoms with Crippen LogP contribution in [-0.4, -0.2) is 215 Å². The molecule has 1 aromatic heterocycles. The van der Waals surface area contributed by atoms with Gasteiger partial charge in [-0.25, -0.2) is 9.59 Å². The maximum Gasteiger partial charge on any atom is 0.409 e. The summed E-state index contributed by atoms with van der Waals surface area (Å²) in [7, 11) is 7.47. The number of amides is 6. The summed E-state index contributed by atoms with van der Waals surface area (Å²) < 4.78 is 46.1. The first-order chi connectivity index (χ1) is 46.6. The molecular weight excluding hydrogens is 1270 g/mol. The van der Waals surface area contributed by atoms with Gasteiger partial charge in [0.1, 0.15) is 35.7 Å². The largest absolute Gasteiger partial charge is 0.460 e. The average Bonchev–Trinajstić information content (AvgIpc) is 1.76. The molecule has 4 heterocycles. The summed E-state index contributed by atoms with van der Waals surface area (Å²) in [5.41, 5.74) is 5.11. The Hall–Kier alpha value is -7.66. The highest BCUT2D eigenvalue weighted by molar-refractivity contribution is 6.34. The third-order valence-corrected chi connectivity index (χ3v) is 17.9. The van der Waals surface area contributed by atoms with E-state index in [1.54, 1.807) is 50.1 Å². The molecule has 3 aliphatic rings. The number of benzene rings is 3. The number of carbonyl (C=O) groups is 7. The number of likely N-dealkylation sites (N-methyl/N-ethyl adjacent to an activating group) is 2. The highest BCUT2D eigenvalue weighted by atomic mass is 35.5. The number of allylic oxidation sites excluding steroid dienone is 3. The summed E-state index contributed by atoms with van der Waals surface area (Å²) in [5, 5.41) is 39.3. The first-order valence-corrected chi connectivity index (χ1v) is 33.4. The second kappa shape index (κ2) is 39.1. The van der Waals surface area contributed by atoms with Gasteiger partial charge in [-0.3, -0.25) is 29.3 Å². The molecule has 4 aromatic rings. The molecule has 8 atom stereocenters. The molecular formula is C70H98ClN9O17. The van der Waals surface area contributed by atoms with Crippen LogP contribution in [0.5, 0.6) is 0 Å². The fraction of sp³-hybridized carbons (Fsp3) is 0.557. The lowest BCUT2D eigenvalue weighted by molar-refractivity contribution is -0.169. The van der Waals surface area contributed by atoms with E-state index in [0.717, 1.165) is 33.5 Å². The number of halogens is 1. The molecule has 1 saturated heterocycles. The van der Waals surface area contributed by atoms with Crippen LogP contribution in [0.2, 0.25) is 5.02 Å². The van der Waals surface area contributed by atoms with Crippen LogP contribution in [0, 0.1) is 11.8 Å². The van der Waals surface area contributed by atoms with E-state index in [0.29, 0.717) is 68.6 Å². The minimum absolute atomic E-state index is 0.0531. The standard InChI is InChI=1S/C68H92ClN9O17.C2H6/c1-43-16-14-21-56(88-8)68(87)40-55(95-67(86)71-68)45(3)65(89-9)44(2)54(39-61(84)77(7)53-38-47(36-43)37-49(42-79)62(53)69)94-66(85)46(4)76(6)59(82)23-15-22-58(81)75(5)27-29-91-31-33-93-35-34-92-32-30-90-28-25-57(80)70-26-24-60(83)78-41-48-17-10-11-18-50(48)63-64(73-74-72-63)51-19-12-13-20-52(51)78;1-2/h10-14,16-21,37-38,44-46,54-56,65,79,87H,15,22-36,39-42H2,1-9H3,(H,70,80)(H,71,86)(H,72,73,74);1-2H3/b21-14+,43-16-;/t44?,45-,46+,54+,55+,56-,65-,68+;/m1./s1.